The van der Waals surface area contributed by atoms with E-state index in [1.165, 1.54) is 4.90 Å². The minimum absolute atomic E-state index is 0.105. The fraction of sp³-hybridized carbons (Fsp3) is 0.529. The van der Waals surface area contributed by atoms with Crippen molar-refractivity contribution >= 4 is 12.1 Å². The number of benzene rings is 1. The van der Waals surface area contributed by atoms with Crippen molar-refractivity contribution in [2.75, 3.05) is 26.4 Å². The zero-order valence-corrected chi connectivity index (χ0v) is 13.5. The Morgan fingerprint density at radius 2 is 2.00 bits per heavy atom. The van der Waals surface area contributed by atoms with E-state index < -0.39 is 30.1 Å². The quantitative estimate of drug-likeness (QED) is 0.782. The molecule has 6 heteroatoms. The van der Waals surface area contributed by atoms with Gasteiger partial charge in [-0.15, -0.1) is 0 Å². The third-order valence-corrected chi connectivity index (χ3v) is 4.25. The fourth-order valence-electron chi connectivity index (χ4n) is 2.75. The Balaban J connectivity index is 1.98. The minimum atomic E-state index is -1.03. The van der Waals surface area contributed by atoms with Crippen LogP contribution in [0.1, 0.15) is 19.4 Å². The van der Waals surface area contributed by atoms with Crippen LogP contribution in [0.25, 0.3) is 0 Å². The van der Waals surface area contributed by atoms with E-state index in [4.69, 9.17) is 9.47 Å². The molecule has 1 aliphatic heterocycles. The summed E-state index contributed by atoms with van der Waals surface area (Å²) in [4.78, 5) is 25.7. The topological polar surface area (TPSA) is 55.8 Å². The van der Waals surface area contributed by atoms with Gasteiger partial charge in [-0.2, -0.15) is 0 Å². The maximum absolute atomic E-state index is 13.3. The summed E-state index contributed by atoms with van der Waals surface area (Å²) in [6, 6.07) is 9.29. The van der Waals surface area contributed by atoms with Crippen LogP contribution in [-0.2, 0) is 20.9 Å². The molecule has 2 rings (SSSR count). The van der Waals surface area contributed by atoms with E-state index in [9.17, 15) is 14.0 Å². The van der Waals surface area contributed by atoms with Crippen LogP contribution >= 0.6 is 0 Å². The first-order valence-corrected chi connectivity index (χ1v) is 7.70. The highest BCUT2D eigenvalue weighted by atomic mass is 19.1. The second kappa shape index (κ2) is 7.44. The van der Waals surface area contributed by atoms with Crippen molar-refractivity contribution in [1.29, 1.82) is 0 Å². The monoisotopic (exact) mass is 323 g/mol. The van der Waals surface area contributed by atoms with Crippen LogP contribution in [0.2, 0.25) is 0 Å². The van der Waals surface area contributed by atoms with Crippen molar-refractivity contribution in [3.05, 3.63) is 35.9 Å². The number of hydrogen-bond acceptors (Lipinski definition) is 4. The fourth-order valence-corrected chi connectivity index (χ4v) is 2.75. The molecule has 1 heterocycles. The Kier molecular flexibility index (Phi) is 5.58. The number of halogens is 1. The lowest BCUT2D eigenvalue weighted by Crippen LogP contribution is -2.39. The average molecular weight is 323 g/mol. The van der Waals surface area contributed by atoms with Gasteiger partial charge < -0.3 is 14.4 Å². The zero-order valence-electron chi connectivity index (χ0n) is 13.5. The molecule has 1 saturated heterocycles. The van der Waals surface area contributed by atoms with Gasteiger partial charge in [0.25, 0.3) is 0 Å². The molecule has 0 saturated carbocycles. The molecule has 1 aromatic rings. The van der Waals surface area contributed by atoms with Gasteiger partial charge in [0.15, 0.2) is 0 Å². The standard InChI is InChI=1S/C17H22FNO4/c1-3-22-15(20)17(2)12-19(10-14(17)9-18)16(21)23-11-13-7-5-4-6-8-13/h4-8,14H,3,9-12H2,1-2H3. The van der Waals surface area contributed by atoms with Gasteiger partial charge in [-0.3, -0.25) is 9.18 Å². The van der Waals surface area contributed by atoms with Gasteiger partial charge in [0.2, 0.25) is 0 Å². The van der Waals surface area contributed by atoms with Crippen molar-refractivity contribution in [1.82, 2.24) is 4.90 Å². The molecule has 0 spiro atoms. The normalized spacial score (nSPS) is 23.6. The summed E-state index contributed by atoms with van der Waals surface area (Å²) < 4.78 is 23.6. The molecule has 2 unspecified atom stereocenters. The Hall–Kier alpha value is -2.11. The van der Waals surface area contributed by atoms with Gasteiger partial charge in [0.05, 0.1) is 18.7 Å². The first-order chi connectivity index (χ1) is 11.0. The summed E-state index contributed by atoms with van der Waals surface area (Å²) in [7, 11) is 0. The molecule has 0 N–H and O–H groups in total. The molecule has 1 fully saturated rings. The van der Waals surface area contributed by atoms with Crippen LogP contribution < -0.4 is 0 Å². The Morgan fingerprint density at radius 1 is 1.30 bits per heavy atom. The summed E-state index contributed by atoms with van der Waals surface area (Å²) in [6.07, 6.45) is -0.541. The number of nitrogens with zero attached hydrogens (tertiary/aromatic N) is 1. The van der Waals surface area contributed by atoms with Crippen LogP contribution in [0.3, 0.4) is 0 Å². The van der Waals surface area contributed by atoms with E-state index in [1.54, 1.807) is 13.8 Å². The number of alkyl halides is 1. The first kappa shape index (κ1) is 17.2. The van der Waals surface area contributed by atoms with Gasteiger partial charge in [0, 0.05) is 19.0 Å². The van der Waals surface area contributed by atoms with E-state index in [1.807, 2.05) is 30.3 Å². The summed E-state index contributed by atoms with van der Waals surface area (Å²) >= 11 is 0. The van der Waals surface area contributed by atoms with Crippen LogP contribution in [0.4, 0.5) is 9.18 Å². The molecule has 1 aliphatic rings. The number of carbonyl (C=O) groups is 2. The van der Waals surface area contributed by atoms with Gasteiger partial charge >= 0.3 is 12.1 Å². The molecule has 0 bridgehead atoms. The lowest BCUT2D eigenvalue weighted by molar-refractivity contribution is -0.156. The highest BCUT2D eigenvalue weighted by Gasteiger charge is 2.51. The first-order valence-electron chi connectivity index (χ1n) is 7.70. The Labute approximate surface area is 135 Å². The van der Waals surface area contributed by atoms with Crippen LogP contribution in [0.5, 0.6) is 0 Å². The van der Waals surface area contributed by atoms with E-state index >= 15 is 0 Å². The van der Waals surface area contributed by atoms with E-state index in [2.05, 4.69) is 0 Å². The predicted molar refractivity (Wildman–Crippen MR) is 82.4 cm³/mol. The van der Waals surface area contributed by atoms with Crippen LogP contribution in [0, 0.1) is 11.3 Å². The molecular weight excluding hydrogens is 301 g/mol. The second-order valence-electron chi connectivity index (χ2n) is 5.91. The molecule has 23 heavy (non-hydrogen) atoms. The molecule has 5 nitrogen and oxygen atoms in total. The molecule has 0 radical (unpaired) electrons. The Morgan fingerprint density at radius 3 is 2.61 bits per heavy atom. The van der Waals surface area contributed by atoms with E-state index in [-0.39, 0.29) is 26.3 Å². The minimum Gasteiger partial charge on any atom is -0.466 e. The summed E-state index contributed by atoms with van der Waals surface area (Å²) in [5, 5.41) is 0. The SMILES string of the molecule is CCOC(=O)C1(C)CN(C(=O)OCc2ccccc2)CC1CF. The zero-order chi connectivity index (χ0) is 16.9. The van der Waals surface area contributed by atoms with Crippen molar-refractivity contribution < 1.29 is 23.5 Å². The third kappa shape index (κ3) is 3.81. The maximum Gasteiger partial charge on any atom is 0.410 e. The molecule has 1 amide bonds. The number of carbonyl (C=O) groups excluding carboxylic acids is 2. The second-order valence-corrected chi connectivity index (χ2v) is 5.91. The van der Waals surface area contributed by atoms with Crippen molar-refractivity contribution in [3.8, 4) is 0 Å². The molecular formula is C17H22FNO4. The predicted octanol–water partition coefficient (Wildman–Crippen LogP) is 2.79. The highest BCUT2D eigenvalue weighted by Crippen LogP contribution is 2.37. The number of ether oxygens (including phenoxy) is 2. The van der Waals surface area contributed by atoms with E-state index in [0.717, 1.165) is 5.56 Å². The average Bonchev–Trinajstić information content (AvgIpc) is 2.92. The summed E-state index contributed by atoms with van der Waals surface area (Å²) in [5.41, 5.74) is -0.161. The summed E-state index contributed by atoms with van der Waals surface area (Å²) in [5.74, 6) is -1.05. The van der Waals surface area contributed by atoms with E-state index in [0.29, 0.717) is 0 Å². The number of hydrogen-bond donors (Lipinski definition) is 0. The molecule has 0 aromatic heterocycles. The number of amides is 1. The Bertz CT molecular complexity index is 551. The lowest BCUT2D eigenvalue weighted by atomic mass is 9.81. The largest absolute Gasteiger partial charge is 0.466 e. The van der Waals surface area contributed by atoms with Gasteiger partial charge in [-0.25, -0.2) is 4.79 Å². The number of rotatable bonds is 5. The number of esters is 1. The smallest absolute Gasteiger partial charge is 0.410 e. The van der Waals surface area contributed by atoms with Crippen molar-refractivity contribution in [2.24, 2.45) is 11.3 Å². The molecule has 126 valence electrons. The van der Waals surface area contributed by atoms with Crippen LogP contribution in [0.15, 0.2) is 30.3 Å². The molecule has 0 aliphatic carbocycles. The molecule has 1 aromatic carbocycles. The lowest BCUT2D eigenvalue weighted by Gasteiger charge is -2.25. The maximum atomic E-state index is 13.3. The summed E-state index contributed by atoms with van der Waals surface area (Å²) in [6.45, 7) is 3.29. The van der Waals surface area contributed by atoms with Crippen LogP contribution in [-0.4, -0.2) is 43.3 Å². The number of likely N-dealkylation sites (tertiary alicyclic amines) is 1. The third-order valence-electron chi connectivity index (χ3n) is 4.25. The van der Waals surface area contributed by atoms with Gasteiger partial charge in [-0.1, -0.05) is 30.3 Å². The van der Waals surface area contributed by atoms with Gasteiger partial charge in [0.1, 0.15) is 6.61 Å². The highest BCUT2D eigenvalue weighted by molar-refractivity contribution is 5.79. The van der Waals surface area contributed by atoms with Crippen molar-refractivity contribution in [3.63, 3.8) is 0 Å². The van der Waals surface area contributed by atoms with Crippen molar-refractivity contribution in [2.45, 2.75) is 20.5 Å². The molecule has 2 atom stereocenters. The van der Waals surface area contributed by atoms with Gasteiger partial charge in [-0.05, 0) is 19.4 Å².